The Morgan fingerprint density at radius 2 is 1.83 bits per heavy atom. The second-order valence-corrected chi connectivity index (χ2v) is 8.28. The highest BCUT2D eigenvalue weighted by molar-refractivity contribution is 7.11. The van der Waals surface area contributed by atoms with Gasteiger partial charge in [-0.2, -0.15) is 0 Å². The number of piperidine rings is 1. The van der Waals surface area contributed by atoms with E-state index in [1.807, 2.05) is 11.3 Å². The van der Waals surface area contributed by atoms with Crippen LogP contribution in [0, 0.1) is 0 Å². The van der Waals surface area contributed by atoms with Gasteiger partial charge in [0.25, 0.3) is 0 Å². The van der Waals surface area contributed by atoms with Crippen molar-refractivity contribution in [3.05, 3.63) is 10.0 Å². The van der Waals surface area contributed by atoms with Crippen molar-refractivity contribution in [2.24, 2.45) is 0 Å². The zero-order valence-corrected chi connectivity index (χ0v) is 14.9. The number of hydrogen-bond acceptors (Lipinski definition) is 6. The van der Waals surface area contributed by atoms with E-state index >= 15 is 0 Å². The second-order valence-electron chi connectivity index (χ2n) is 7.24. The van der Waals surface area contributed by atoms with E-state index in [9.17, 15) is 4.79 Å². The zero-order chi connectivity index (χ0) is 16.4. The fourth-order valence-corrected chi connectivity index (χ4v) is 4.72. The molecule has 3 heterocycles. The van der Waals surface area contributed by atoms with Crippen LogP contribution in [0.25, 0.3) is 0 Å². The number of nitrogens with one attached hydrogen (secondary N) is 1. The quantitative estimate of drug-likeness (QED) is 0.849. The summed E-state index contributed by atoms with van der Waals surface area (Å²) in [5, 5.41) is 14.2. The maximum absolute atomic E-state index is 12.1. The number of nitrogens with zero attached hydrogens (tertiary/aromatic N) is 3. The topological polar surface area (TPSA) is 67.4 Å². The van der Waals surface area contributed by atoms with Crippen LogP contribution in [0.2, 0.25) is 0 Å². The van der Waals surface area contributed by atoms with Crippen LogP contribution in [0.5, 0.6) is 0 Å². The molecule has 3 aliphatic rings. The number of ether oxygens (including phenoxy) is 1. The molecule has 4 rings (SSSR count). The molecule has 7 heteroatoms. The first-order chi connectivity index (χ1) is 11.8. The zero-order valence-electron chi connectivity index (χ0n) is 14.1. The molecule has 24 heavy (non-hydrogen) atoms. The molecule has 0 spiro atoms. The van der Waals surface area contributed by atoms with Crippen molar-refractivity contribution in [3.8, 4) is 0 Å². The summed E-state index contributed by atoms with van der Waals surface area (Å²) in [5.41, 5.74) is 0. The second kappa shape index (κ2) is 7.45. The van der Waals surface area contributed by atoms with Gasteiger partial charge in [0.05, 0.1) is 12.6 Å². The van der Waals surface area contributed by atoms with Gasteiger partial charge in [0, 0.05) is 25.0 Å². The van der Waals surface area contributed by atoms with Gasteiger partial charge in [-0.25, -0.2) is 0 Å². The number of amides is 1. The molecule has 132 valence electrons. The van der Waals surface area contributed by atoms with E-state index in [1.54, 1.807) is 0 Å². The maximum atomic E-state index is 12.1. The molecule has 0 bridgehead atoms. The number of hydrogen-bond donors (Lipinski definition) is 1. The number of carbonyl (C=O) groups is 1. The summed E-state index contributed by atoms with van der Waals surface area (Å²) in [6, 6.07) is 0. The number of carbonyl (C=O) groups excluding carboxylic acids is 1. The van der Waals surface area contributed by atoms with Crippen molar-refractivity contribution < 1.29 is 9.53 Å². The van der Waals surface area contributed by atoms with Crippen molar-refractivity contribution in [1.82, 2.24) is 20.4 Å². The van der Waals surface area contributed by atoms with E-state index in [4.69, 9.17) is 4.74 Å². The van der Waals surface area contributed by atoms with Crippen LogP contribution in [0.4, 0.5) is 0 Å². The fourth-order valence-electron chi connectivity index (χ4n) is 3.54. The Hall–Kier alpha value is -1.05. The molecular formula is C17H26N4O2S. The van der Waals surface area contributed by atoms with Crippen LogP contribution in [-0.4, -0.2) is 59.9 Å². The number of likely N-dealkylation sites (tertiary alicyclic amines) is 1. The minimum Gasteiger partial charge on any atom is -0.376 e. The van der Waals surface area contributed by atoms with Crippen LogP contribution in [0.3, 0.4) is 0 Å². The molecule has 0 aromatic carbocycles. The molecule has 3 fully saturated rings. The summed E-state index contributed by atoms with van der Waals surface area (Å²) in [6.07, 6.45) is 7.13. The Kier molecular flexibility index (Phi) is 5.10. The summed E-state index contributed by atoms with van der Waals surface area (Å²) in [4.78, 5) is 14.3. The summed E-state index contributed by atoms with van der Waals surface area (Å²) in [7, 11) is 0. The van der Waals surface area contributed by atoms with Gasteiger partial charge < -0.3 is 10.1 Å². The van der Waals surface area contributed by atoms with Crippen molar-refractivity contribution >= 4 is 17.2 Å². The van der Waals surface area contributed by atoms with E-state index in [2.05, 4.69) is 20.4 Å². The minimum atomic E-state index is 0.121. The average molecular weight is 350 g/mol. The van der Waals surface area contributed by atoms with Crippen molar-refractivity contribution in [2.75, 3.05) is 32.8 Å². The largest absolute Gasteiger partial charge is 0.376 e. The predicted octanol–water partition coefficient (Wildman–Crippen LogP) is 1.89. The lowest BCUT2D eigenvalue weighted by Gasteiger charge is -2.30. The first-order valence-corrected chi connectivity index (χ1v) is 10.0. The highest BCUT2D eigenvalue weighted by Crippen LogP contribution is 2.43. The van der Waals surface area contributed by atoms with Gasteiger partial charge in [-0.3, -0.25) is 9.69 Å². The summed E-state index contributed by atoms with van der Waals surface area (Å²) in [6.45, 7) is 3.93. The van der Waals surface area contributed by atoms with Gasteiger partial charge >= 0.3 is 0 Å². The van der Waals surface area contributed by atoms with Gasteiger partial charge in [-0.15, -0.1) is 21.5 Å². The fraction of sp³-hybridized carbons (Fsp3) is 0.824. The van der Waals surface area contributed by atoms with Crippen LogP contribution < -0.4 is 5.32 Å². The molecule has 6 nitrogen and oxygen atoms in total. The van der Waals surface area contributed by atoms with Crippen LogP contribution in [0.15, 0.2) is 0 Å². The molecule has 0 radical (unpaired) electrons. The lowest BCUT2D eigenvalue weighted by molar-refractivity contribution is -0.123. The standard InChI is InChI=1S/C17H26N4O2S/c22-15(18-10-14-2-1-9-23-14)11-21-7-5-13(6-8-21)17-20-19-16(24-17)12-3-4-12/h12-14H,1-11H2,(H,18,22). The lowest BCUT2D eigenvalue weighted by Crippen LogP contribution is -2.42. The van der Waals surface area contributed by atoms with E-state index in [0.29, 0.717) is 24.9 Å². The van der Waals surface area contributed by atoms with E-state index in [0.717, 1.165) is 45.4 Å². The molecule has 1 atom stereocenters. The summed E-state index contributed by atoms with van der Waals surface area (Å²) >= 11 is 1.81. The molecule has 1 saturated carbocycles. The monoisotopic (exact) mass is 350 g/mol. The first kappa shape index (κ1) is 16.4. The number of rotatable bonds is 6. The molecule has 2 aliphatic heterocycles. The normalized spacial score (nSPS) is 25.9. The Morgan fingerprint density at radius 1 is 1.12 bits per heavy atom. The molecule has 1 amide bonds. The van der Waals surface area contributed by atoms with Crippen molar-refractivity contribution in [1.29, 1.82) is 0 Å². The maximum Gasteiger partial charge on any atom is 0.234 e. The lowest BCUT2D eigenvalue weighted by atomic mass is 9.98. The number of aromatic nitrogens is 2. The molecule has 1 unspecified atom stereocenters. The van der Waals surface area contributed by atoms with Crippen LogP contribution in [0.1, 0.15) is 60.4 Å². The third kappa shape index (κ3) is 4.13. The SMILES string of the molecule is O=C(CN1CCC(c2nnc(C3CC3)s2)CC1)NCC1CCCO1. The van der Waals surface area contributed by atoms with Gasteiger partial charge in [0.15, 0.2) is 0 Å². The summed E-state index contributed by atoms with van der Waals surface area (Å²) in [5.74, 6) is 1.35. The van der Waals surface area contributed by atoms with Gasteiger partial charge in [-0.05, 0) is 51.6 Å². The first-order valence-electron chi connectivity index (χ1n) is 9.22. The van der Waals surface area contributed by atoms with E-state index in [1.165, 1.54) is 22.9 Å². The van der Waals surface area contributed by atoms with Crippen molar-refractivity contribution in [2.45, 2.75) is 56.5 Å². The average Bonchev–Trinajstić information content (AvgIpc) is 3.12. The third-order valence-electron chi connectivity index (χ3n) is 5.24. The molecule has 1 aromatic rings. The molecule has 1 N–H and O–H groups in total. The molecule has 1 aliphatic carbocycles. The Morgan fingerprint density at radius 3 is 2.46 bits per heavy atom. The smallest absolute Gasteiger partial charge is 0.234 e. The summed E-state index contributed by atoms with van der Waals surface area (Å²) < 4.78 is 5.54. The van der Waals surface area contributed by atoms with Crippen LogP contribution >= 0.6 is 11.3 Å². The third-order valence-corrected chi connectivity index (χ3v) is 6.49. The highest BCUT2D eigenvalue weighted by atomic mass is 32.1. The molecule has 2 saturated heterocycles. The van der Waals surface area contributed by atoms with Crippen molar-refractivity contribution in [3.63, 3.8) is 0 Å². The molecule has 1 aromatic heterocycles. The minimum absolute atomic E-state index is 0.121. The Labute approximate surface area is 147 Å². The van der Waals surface area contributed by atoms with E-state index in [-0.39, 0.29) is 12.0 Å². The Balaban J connectivity index is 1.18. The van der Waals surface area contributed by atoms with Crippen LogP contribution in [-0.2, 0) is 9.53 Å². The predicted molar refractivity (Wildman–Crippen MR) is 92.3 cm³/mol. The Bertz CT molecular complexity index is 561. The van der Waals surface area contributed by atoms with Gasteiger partial charge in [0.1, 0.15) is 10.0 Å². The molecular weight excluding hydrogens is 324 g/mol. The van der Waals surface area contributed by atoms with Gasteiger partial charge in [0.2, 0.25) is 5.91 Å². The van der Waals surface area contributed by atoms with E-state index < -0.39 is 0 Å². The highest BCUT2D eigenvalue weighted by Gasteiger charge is 2.30. The van der Waals surface area contributed by atoms with Gasteiger partial charge in [-0.1, -0.05) is 0 Å².